The van der Waals surface area contributed by atoms with Crippen LogP contribution < -0.4 is 5.32 Å². The largest absolute Gasteiger partial charge is 0.348 e. The van der Waals surface area contributed by atoms with Crippen molar-refractivity contribution in [2.75, 3.05) is 0 Å². The molecule has 174 valence electrons. The van der Waals surface area contributed by atoms with Crippen LogP contribution in [-0.2, 0) is 19.6 Å². The molecule has 0 aliphatic rings. The fraction of sp³-hybridized carbons (Fsp3) is 0.138. The highest BCUT2D eigenvalue weighted by Gasteiger charge is 2.18. The number of carbonyl (C=O) groups excluding carboxylic acids is 1. The maximum atomic E-state index is 13.4. The topological polar surface area (TPSA) is 64.7 Å². The van der Waals surface area contributed by atoms with E-state index in [1.54, 1.807) is 12.5 Å². The Kier molecular flexibility index (Phi) is 6.52. The van der Waals surface area contributed by atoms with E-state index < -0.39 is 0 Å². The molecule has 6 heteroatoms. The van der Waals surface area contributed by atoms with Crippen molar-refractivity contribution in [2.24, 2.45) is 0 Å². The number of hydrogen-bond donors (Lipinski definition) is 1. The lowest BCUT2D eigenvalue weighted by atomic mass is 10.1. The van der Waals surface area contributed by atoms with Gasteiger partial charge in [0.2, 0.25) is 0 Å². The van der Waals surface area contributed by atoms with Crippen LogP contribution in [0.5, 0.6) is 0 Å². The van der Waals surface area contributed by atoms with Crippen molar-refractivity contribution in [3.63, 3.8) is 0 Å². The first-order valence-corrected chi connectivity index (χ1v) is 11.6. The predicted octanol–water partition coefficient (Wildman–Crippen LogP) is 5.08. The van der Waals surface area contributed by atoms with Crippen LogP contribution in [0.3, 0.4) is 0 Å². The van der Waals surface area contributed by atoms with Crippen LogP contribution in [0.2, 0.25) is 0 Å². The summed E-state index contributed by atoms with van der Waals surface area (Å²) in [6.07, 6.45) is 7.34. The van der Waals surface area contributed by atoms with Crippen molar-refractivity contribution < 1.29 is 4.79 Å². The molecule has 0 aliphatic heterocycles. The van der Waals surface area contributed by atoms with E-state index in [9.17, 15) is 4.79 Å². The molecule has 3 aromatic carbocycles. The molecular weight excluding hydrogens is 434 g/mol. The van der Waals surface area contributed by atoms with Gasteiger partial charge >= 0.3 is 0 Å². The van der Waals surface area contributed by atoms with Crippen molar-refractivity contribution in [3.8, 4) is 11.3 Å². The summed E-state index contributed by atoms with van der Waals surface area (Å²) in [5.74, 6) is -0.141. The summed E-state index contributed by atoms with van der Waals surface area (Å²) < 4.78 is 3.86. The Morgan fingerprint density at radius 3 is 2.37 bits per heavy atom. The van der Waals surface area contributed by atoms with Gasteiger partial charge in [-0.15, -0.1) is 0 Å². The number of nitrogens with one attached hydrogen (secondary N) is 1. The number of nitrogens with zero attached hydrogens (tertiary/aromatic N) is 4. The van der Waals surface area contributed by atoms with Gasteiger partial charge in [-0.2, -0.15) is 5.10 Å². The Labute approximate surface area is 204 Å². The van der Waals surface area contributed by atoms with Crippen molar-refractivity contribution in [1.82, 2.24) is 24.6 Å². The zero-order valence-electron chi connectivity index (χ0n) is 19.6. The monoisotopic (exact) mass is 461 g/mol. The van der Waals surface area contributed by atoms with Crippen LogP contribution in [0.25, 0.3) is 11.3 Å². The van der Waals surface area contributed by atoms with E-state index in [1.807, 2.05) is 89.2 Å². The first kappa shape index (κ1) is 22.3. The first-order chi connectivity index (χ1) is 17.2. The van der Waals surface area contributed by atoms with Crippen molar-refractivity contribution >= 4 is 5.91 Å². The lowest BCUT2D eigenvalue weighted by Gasteiger charge is -2.11. The van der Waals surface area contributed by atoms with Gasteiger partial charge in [0.15, 0.2) is 0 Å². The van der Waals surface area contributed by atoms with E-state index in [-0.39, 0.29) is 5.91 Å². The van der Waals surface area contributed by atoms with Gasteiger partial charge in [-0.25, -0.2) is 4.98 Å². The van der Waals surface area contributed by atoms with Crippen molar-refractivity contribution in [2.45, 2.75) is 26.6 Å². The number of amides is 1. The smallest absolute Gasteiger partial charge is 0.255 e. The summed E-state index contributed by atoms with van der Waals surface area (Å²) in [4.78, 5) is 17.5. The molecule has 0 fully saturated rings. The molecule has 1 amide bonds. The maximum absolute atomic E-state index is 13.4. The number of carbonyl (C=O) groups is 1. The van der Waals surface area contributed by atoms with Crippen LogP contribution in [0, 0.1) is 6.92 Å². The van der Waals surface area contributed by atoms with Gasteiger partial charge in [-0.05, 0) is 23.6 Å². The molecule has 2 heterocycles. The van der Waals surface area contributed by atoms with E-state index in [1.165, 1.54) is 0 Å². The van der Waals surface area contributed by atoms with Gasteiger partial charge in [0.05, 0.1) is 18.4 Å². The van der Waals surface area contributed by atoms with Gasteiger partial charge in [-0.1, -0.05) is 84.4 Å². The number of benzene rings is 3. The Morgan fingerprint density at radius 2 is 1.63 bits per heavy atom. The van der Waals surface area contributed by atoms with E-state index >= 15 is 0 Å². The Morgan fingerprint density at radius 1 is 0.886 bits per heavy atom. The minimum atomic E-state index is -0.141. The van der Waals surface area contributed by atoms with Crippen LogP contribution in [0.4, 0.5) is 0 Å². The number of rotatable bonds is 8. The second-order valence-corrected chi connectivity index (χ2v) is 8.63. The molecule has 0 aliphatic carbocycles. The van der Waals surface area contributed by atoms with E-state index in [4.69, 9.17) is 5.10 Å². The highest BCUT2D eigenvalue weighted by atomic mass is 16.1. The Hall–Kier alpha value is -4.45. The third-order valence-corrected chi connectivity index (χ3v) is 5.99. The summed E-state index contributed by atoms with van der Waals surface area (Å²) >= 11 is 0. The molecule has 0 saturated carbocycles. The third-order valence-electron chi connectivity index (χ3n) is 5.99. The fourth-order valence-corrected chi connectivity index (χ4v) is 4.10. The predicted molar refractivity (Wildman–Crippen MR) is 137 cm³/mol. The molecule has 2 aromatic heterocycles. The molecule has 0 spiro atoms. The minimum Gasteiger partial charge on any atom is -0.348 e. The molecule has 1 N–H and O–H groups in total. The number of aromatic nitrogens is 4. The number of hydrogen-bond acceptors (Lipinski definition) is 3. The van der Waals surface area contributed by atoms with Gasteiger partial charge in [0, 0.05) is 37.2 Å². The molecule has 0 radical (unpaired) electrons. The van der Waals surface area contributed by atoms with Crippen LogP contribution >= 0.6 is 0 Å². The molecule has 6 nitrogen and oxygen atoms in total. The highest BCUT2D eigenvalue weighted by molar-refractivity contribution is 5.99. The molecule has 0 saturated heterocycles. The third kappa shape index (κ3) is 5.38. The van der Waals surface area contributed by atoms with E-state index in [0.29, 0.717) is 30.9 Å². The summed E-state index contributed by atoms with van der Waals surface area (Å²) in [5.41, 5.74) is 6.69. The molecule has 0 atom stereocenters. The summed E-state index contributed by atoms with van der Waals surface area (Å²) in [6.45, 7) is 3.78. The fourth-order valence-electron chi connectivity index (χ4n) is 4.10. The second kappa shape index (κ2) is 10.2. The number of imidazole rings is 1. The number of aryl methyl sites for hydroxylation is 1. The lowest BCUT2D eigenvalue weighted by molar-refractivity contribution is 0.0951. The Balaban J connectivity index is 1.39. The molecule has 0 bridgehead atoms. The van der Waals surface area contributed by atoms with Crippen LogP contribution in [0.15, 0.2) is 104 Å². The zero-order chi connectivity index (χ0) is 24.0. The van der Waals surface area contributed by atoms with Crippen LogP contribution in [0.1, 0.15) is 32.6 Å². The zero-order valence-corrected chi connectivity index (χ0v) is 19.6. The highest BCUT2D eigenvalue weighted by Crippen LogP contribution is 2.23. The van der Waals surface area contributed by atoms with Gasteiger partial charge in [0.1, 0.15) is 5.69 Å². The quantitative estimate of drug-likeness (QED) is 0.350. The second-order valence-electron chi connectivity index (χ2n) is 8.63. The molecule has 35 heavy (non-hydrogen) atoms. The molecule has 5 aromatic rings. The van der Waals surface area contributed by atoms with Crippen molar-refractivity contribution in [1.29, 1.82) is 0 Å². The molecule has 5 rings (SSSR count). The maximum Gasteiger partial charge on any atom is 0.255 e. The minimum absolute atomic E-state index is 0.141. The summed E-state index contributed by atoms with van der Waals surface area (Å²) in [6, 6.07) is 26.4. The van der Waals surface area contributed by atoms with Gasteiger partial charge < -0.3 is 9.88 Å². The lowest BCUT2D eigenvalue weighted by Crippen LogP contribution is -2.24. The van der Waals surface area contributed by atoms with Gasteiger partial charge in [0.25, 0.3) is 5.91 Å². The van der Waals surface area contributed by atoms with E-state index in [0.717, 1.165) is 27.8 Å². The Bertz CT molecular complexity index is 1400. The average molecular weight is 462 g/mol. The normalized spacial score (nSPS) is 10.9. The average Bonchev–Trinajstić information content (AvgIpc) is 3.55. The van der Waals surface area contributed by atoms with Gasteiger partial charge in [-0.3, -0.25) is 9.48 Å². The molecule has 0 unspecified atom stereocenters. The SMILES string of the molecule is Cc1ccc(-c2nn(Cc3ccccc3)cc2C(=O)NCc2ccccc2Cn2ccnc2)cc1. The summed E-state index contributed by atoms with van der Waals surface area (Å²) in [5, 5.41) is 7.91. The standard InChI is InChI=1S/C29H27N5O/c1-22-11-13-24(14-12-22)28-27(20-34(32-28)18-23-7-3-2-4-8-23)29(35)31-17-25-9-5-6-10-26(25)19-33-16-15-30-21-33/h2-16,20-21H,17-19H2,1H3,(H,31,35). The first-order valence-electron chi connectivity index (χ1n) is 11.6. The van der Waals surface area contributed by atoms with Crippen molar-refractivity contribution in [3.05, 3.63) is 132 Å². The van der Waals surface area contributed by atoms with Crippen LogP contribution in [-0.4, -0.2) is 25.2 Å². The molecular formula is C29H27N5O. The summed E-state index contributed by atoms with van der Waals surface area (Å²) in [7, 11) is 0. The van der Waals surface area contributed by atoms with E-state index in [2.05, 4.69) is 28.5 Å².